The van der Waals surface area contributed by atoms with Gasteiger partial charge in [-0.3, -0.25) is 4.79 Å². The summed E-state index contributed by atoms with van der Waals surface area (Å²) in [4.78, 5) is 13.4. The summed E-state index contributed by atoms with van der Waals surface area (Å²) in [5.74, 6) is -0.246. The Hall–Kier alpha value is -2.31. The molecule has 610 valence electrons. The van der Waals surface area contributed by atoms with Crippen LogP contribution in [0, 0.1) is 0 Å². The fourth-order valence-corrected chi connectivity index (χ4v) is 14.7. The van der Waals surface area contributed by atoms with Crippen molar-refractivity contribution in [2.24, 2.45) is 0 Å². The summed E-state index contributed by atoms with van der Waals surface area (Å²) in [7, 11) is 0. The minimum atomic E-state index is -1.80. The molecule has 1 amide bonds. The molecule has 14 heteroatoms. The third-order valence-corrected chi connectivity index (χ3v) is 21.7. The predicted molar refractivity (Wildman–Crippen MR) is 434 cm³/mol. The lowest BCUT2D eigenvalue weighted by Crippen LogP contribution is -2.65. The first-order valence-corrected chi connectivity index (χ1v) is 44.5. The molecular formula is C90H167NO13. The van der Waals surface area contributed by atoms with Crippen LogP contribution in [0.25, 0.3) is 0 Å². The smallest absolute Gasteiger partial charge is 0.220 e. The largest absolute Gasteiger partial charge is 0.394 e. The molecule has 2 saturated heterocycles. The van der Waals surface area contributed by atoms with E-state index in [1.54, 1.807) is 6.08 Å². The summed E-state index contributed by atoms with van der Waals surface area (Å²) in [5.41, 5.74) is 0. The van der Waals surface area contributed by atoms with Gasteiger partial charge in [0.15, 0.2) is 12.6 Å². The van der Waals surface area contributed by atoms with E-state index in [9.17, 15) is 45.6 Å². The molecule has 12 atom stereocenters. The Morgan fingerprint density at radius 3 is 1.00 bits per heavy atom. The molecule has 2 aliphatic heterocycles. The number of aliphatic hydroxyl groups is 8. The lowest BCUT2D eigenvalue weighted by molar-refractivity contribution is -0.359. The van der Waals surface area contributed by atoms with Gasteiger partial charge >= 0.3 is 0 Å². The van der Waals surface area contributed by atoms with E-state index in [0.717, 1.165) is 51.4 Å². The number of ether oxygens (including phenoxy) is 4. The van der Waals surface area contributed by atoms with Crippen molar-refractivity contribution < 1.29 is 64.6 Å². The van der Waals surface area contributed by atoms with Crippen molar-refractivity contribution in [2.75, 3.05) is 19.8 Å². The van der Waals surface area contributed by atoms with Crippen LogP contribution in [0.4, 0.5) is 0 Å². The van der Waals surface area contributed by atoms with E-state index < -0.39 is 86.8 Å². The van der Waals surface area contributed by atoms with Crippen LogP contribution in [0.2, 0.25) is 0 Å². The van der Waals surface area contributed by atoms with Gasteiger partial charge < -0.3 is 65.1 Å². The van der Waals surface area contributed by atoms with Gasteiger partial charge in [0.25, 0.3) is 0 Å². The number of carbonyl (C=O) groups excluding carboxylic acids is 1. The molecule has 0 radical (unpaired) electrons. The second kappa shape index (κ2) is 73.5. The second-order valence-corrected chi connectivity index (χ2v) is 31.4. The maximum Gasteiger partial charge on any atom is 0.220 e. The number of hydrogen-bond acceptors (Lipinski definition) is 13. The standard InChI is InChI=1S/C90H167NO13/c1-3-5-7-9-11-13-15-17-19-21-23-25-27-29-31-33-35-37-38-39-40-42-44-46-48-50-52-54-56-58-60-62-64-66-68-70-72-74-82(95)91-78(77-101-89-87(100)85(98)88(81(76-93)103-89)104-90-86(99)84(97)83(96)80(75-92)102-90)79(94)73-71-69-67-65-63-61-59-57-55-53-51-49-47-45-43-41-36-34-32-30-28-26-24-22-20-18-16-14-12-10-8-6-4-2/h15,17,21,23,55,57,63,65,71,73,78-81,83-90,92-94,96-100H,3-14,16,18-20,22,24-54,56,58-62,64,66-70,72,74-77H2,1-2H3,(H,91,95)/b17-15-,23-21-,57-55+,65-63+,73-71+. The fraction of sp³-hybridized carbons (Fsp3) is 0.878. The zero-order chi connectivity index (χ0) is 75.1. The number of nitrogens with one attached hydrogen (secondary N) is 1. The number of amides is 1. The van der Waals surface area contributed by atoms with Gasteiger partial charge in [-0.25, -0.2) is 0 Å². The Morgan fingerprint density at radius 1 is 0.346 bits per heavy atom. The Balaban J connectivity index is 1.59. The first-order valence-electron chi connectivity index (χ1n) is 44.5. The van der Waals surface area contributed by atoms with Gasteiger partial charge in [0.2, 0.25) is 5.91 Å². The highest BCUT2D eigenvalue weighted by Gasteiger charge is 2.51. The van der Waals surface area contributed by atoms with Crippen molar-refractivity contribution in [3.63, 3.8) is 0 Å². The summed E-state index contributed by atoms with van der Waals surface area (Å²) in [6.07, 6.45) is 84.9. The van der Waals surface area contributed by atoms with E-state index in [2.05, 4.69) is 67.8 Å². The molecule has 14 nitrogen and oxygen atoms in total. The minimum absolute atomic E-state index is 0.246. The summed E-state index contributed by atoms with van der Waals surface area (Å²) in [6, 6.07) is -0.941. The molecule has 2 aliphatic rings. The second-order valence-electron chi connectivity index (χ2n) is 31.4. The van der Waals surface area contributed by atoms with Gasteiger partial charge in [-0.15, -0.1) is 0 Å². The normalized spacial score (nSPS) is 21.7. The molecule has 9 N–H and O–H groups in total. The third kappa shape index (κ3) is 55.1. The Kier molecular flexibility index (Phi) is 69.1. The molecule has 2 fully saturated rings. The summed E-state index contributed by atoms with van der Waals surface area (Å²) < 4.78 is 22.9. The molecule has 0 aromatic carbocycles. The summed E-state index contributed by atoms with van der Waals surface area (Å²) in [6.45, 7) is 2.83. The quantitative estimate of drug-likeness (QED) is 0.0204. The fourth-order valence-electron chi connectivity index (χ4n) is 14.7. The number of hydrogen-bond donors (Lipinski definition) is 9. The van der Waals surface area contributed by atoms with E-state index >= 15 is 0 Å². The molecule has 0 aromatic heterocycles. The van der Waals surface area contributed by atoms with Crippen molar-refractivity contribution in [3.05, 3.63) is 60.8 Å². The molecule has 12 unspecified atom stereocenters. The highest BCUT2D eigenvalue weighted by atomic mass is 16.7. The molecular weight excluding hydrogens is 1300 g/mol. The maximum absolute atomic E-state index is 13.4. The molecule has 0 bridgehead atoms. The molecule has 0 saturated carbocycles. The van der Waals surface area contributed by atoms with Crippen LogP contribution >= 0.6 is 0 Å². The van der Waals surface area contributed by atoms with E-state index in [-0.39, 0.29) is 18.9 Å². The van der Waals surface area contributed by atoms with Crippen LogP contribution in [0.3, 0.4) is 0 Å². The number of unbranched alkanes of at least 4 members (excludes halogenated alkanes) is 55. The number of allylic oxidation sites excluding steroid dienone is 9. The van der Waals surface area contributed by atoms with Gasteiger partial charge in [0.1, 0.15) is 48.8 Å². The van der Waals surface area contributed by atoms with Crippen molar-refractivity contribution >= 4 is 5.91 Å². The topological polar surface area (TPSA) is 228 Å². The van der Waals surface area contributed by atoms with Gasteiger partial charge in [0, 0.05) is 6.42 Å². The van der Waals surface area contributed by atoms with Gasteiger partial charge in [0.05, 0.1) is 32.0 Å². The molecule has 0 aliphatic carbocycles. The van der Waals surface area contributed by atoms with Crippen LogP contribution < -0.4 is 5.32 Å². The van der Waals surface area contributed by atoms with E-state index in [4.69, 9.17) is 18.9 Å². The predicted octanol–water partition coefficient (Wildman–Crippen LogP) is 21.5. The Labute approximate surface area is 638 Å². The molecule has 2 heterocycles. The van der Waals surface area contributed by atoms with Crippen LogP contribution in [-0.4, -0.2) is 140 Å². The number of rotatable bonds is 76. The monoisotopic (exact) mass is 1470 g/mol. The molecule has 2 rings (SSSR count). The molecule has 0 aromatic rings. The van der Waals surface area contributed by atoms with E-state index in [0.29, 0.717) is 12.8 Å². The number of aliphatic hydroxyl groups excluding tert-OH is 8. The van der Waals surface area contributed by atoms with Gasteiger partial charge in [-0.1, -0.05) is 389 Å². The van der Waals surface area contributed by atoms with Crippen LogP contribution in [0.1, 0.15) is 412 Å². The highest BCUT2D eigenvalue weighted by Crippen LogP contribution is 2.31. The number of carbonyl (C=O) groups is 1. The first-order chi connectivity index (χ1) is 51.1. The highest BCUT2D eigenvalue weighted by molar-refractivity contribution is 5.76. The summed E-state index contributed by atoms with van der Waals surface area (Å²) in [5, 5.41) is 87.8. The lowest BCUT2D eigenvalue weighted by atomic mass is 9.97. The van der Waals surface area contributed by atoms with Crippen molar-refractivity contribution in [1.29, 1.82) is 0 Å². The van der Waals surface area contributed by atoms with E-state index in [1.165, 1.54) is 327 Å². The van der Waals surface area contributed by atoms with Crippen LogP contribution in [0.5, 0.6) is 0 Å². The molecule has 0 spiro atoms. The summed E-state index contributed by atoms with van der Waals surface area (Å²) >= 11 is 0. The SMILES string of the molecule is CCCCCCC/C=C\C/C=C\CCCCCCCCCCCCCCCCCCCCCCCCCCCC(=O)NC(COC1OC(CO)C(OC2OC(CO)C(O)C(O)C2O)C(O)C1O)C(O)/C=C/CC/C=C/CC/C=C/CCCCCCCCCCCCCCCCCCCCCCCCC. The van der Waals surface area contributed by atoms with Crippen molar-refractivity contribution in [3.8, 4) is 0 Å². The van der Waals surface area contributed by atoms with Gasteiger partial charge in [-0.05, 0) is 77.0 Å². The average molecular weight is 1470 g/mol. The first kappa shape index (κ1) is 97.8. The van der Waals surface area contributed by atoms with Crippen LogP contribution in [-0.2, 0) is 23.7 Å². The van der Waals surface area contributed by atoms with Crippen LogP contribution in [0.15, 0.2) is 60.8 Å². The lowest BCUT2D eigenvalue weighted by Gasteiger charge is -2.46. The molecule has 104 heavy (non-hydrogen) atoms. The Morgan fingerprint density at radius 2 is 0.644 bits per heavy atom. The van der Waals surface area contributed by atoms with Crippen molar-refractivity contribution in [2.45, 2.75) is 485 Å². The zero-order valence-electron chi connectivity index (χ0n) is 67.3. The van der Waals surface area contributed by atoms with Crippen molar-refractivity contribution in [1.82, 2.24) is 5.32 Å². The average Bonchev–Trinajstić information content (AvgIpc) is 0.790. The minimum Gasteiger partial charge on any atom is -0.394 e. The Bertz CT molecular complexity index is 1980. The third-order valence-electron chi connectivity index (χ3n) is 21.7. The van der Waals surface area contributed by atoms with Gasteiger partial charge in [-0.2, -0.15) is 0 Å². The zero-order valence-corrected chi connectivity index (χ0v) is 67.3. The van der Waals surface area contributed by atoms with E-state index in [1.807, 2.05) is 6.08 Å². The maximum atomic E-state index is 13.4.